The van der Waals surface area contributed by atoms with Gasteiger partial charge in [-0.3, -0.25) is 14.8 Å². The number of nitro benzene ring substituents is 1. The number of benzene rings is 1. The second-order valence-electron chi connectivity index (χ2n) is 4.29. The van der Waals surface area contributed by atoms with Gasteiger partial charge in [-0.2, -0.15) is 5.10 Å². The number of anilines is 1. The molecule has 0 bridgehead atoms. The standard InChI is InChI=1S/C12H11FN4O4/c1-16-6-7(5-15-16)4-14-10-2-8(12(18)19)11(17(20)21)3-9(10)13/h2-3,5-6,14H,4H2,1H3,(H,18,19). The Morgan fingerprint density at radius 1 is 1.57 bits per heavy atom. The van der Waals surface area contributed by atoms with E-state index >= 15 is 0 Å². The fourth-order valence-corrected chi connectivity index (χ4v) is 1.78. The maximum Gasteiger partial charge on any atom is 0.342 e. The van der Waals surface area contributed by atoms with Gasteiger partial charge in [0.2, 0.25) is 0 Å². The van der Waals surface area contributed by atoms with Crippen molar-refractivity contribution in [2.45, 2.75) is 6.54 Å². The van der Waals surface area contributed by atoms with Gasteiger partial charge in [-0.05, 0) is 6.07 Å². The van der Waals surface area contributed by atoms with E-state index in [1.807, 2.05) is 0 Å². The van der Waals surface area contributed by atoms with Crippen molar-refractivity contribution in [2.24, 2.45) is 7.05 Å². The Morgan fingerprint density at radius 2 is 2.29 bits per heavy atom. The van der Waals surface area contributed by atoms with Gasteiger partial charge >= 0.3 is 5.97 Å². The van der Waals surface area contributed by atoms with Crippen molar-refractivity contribution in [1.29, 1.82) is 0 Å². The molecule has 2 aromatic rings. The fraction of sp³-hybridized carbons (Fsp3) is 0.167. The molecule has 0 fully saturated rings. The van der Waals surface area contributed by atoms with Crippen molar-refractivity contribution < 1.29 is 19.2 Å². The zero-order valence-electron chi connectivity index (χ0n) is 10.9. The van der Waals surface area contributed by atoms with Crippen LogP contribution in [-0.2, 0) is 13.6 Å². The molecule has 0 radical (unpaired) electrons. The number of rotatable bonds is 5. The molecule has 0 spiro atoms. The number of aromatic carboxylic acids is 1. The summed E-state index contributed by atoms with van der Waals surface area (Å²) in [6.45, 7) is 0.210. The van der Waals surface area contributed by atoms with E-state index in [4.69, 9.17) is 5.11 Å². The van der Waals surface area contributed by atoms with Gasteiger partial charge in [0.1, 0.15) is 5.56 Å². The van der Waals surface area contributed by atoms with Crippen molar-refractivity contribution >= 4 is 17.3 Å². The molecule has 1 aromatic carbocycles. The number of nitrogens with zero attached hydrogens (tertiary/aromatic N) is 3. The Hall–Kier alpha value is -2.97. The predicted octanol–water partition coefficient (Wildman–Crippen LogP) is 1.78. The van der Waals surface area contributed by atoms with Crippen LogP contribution >= 0.6 is 0 Å². The smallest absolute Gasteiger partial charge is 0.342 e. The second-order valence-corrected chi connectivity index (χ2v) is 4.29. The molecule has 0 aliphatic carbocycles. The van der Waals surface area contributed by atoms with Crippen LogP contribution in [0.5, 0.6) is 0 Å². The van der Waals surface area contributed by atoms with E-state index < -0.39 is 28.0 Å². The van der Waals surface area contributed by atoms with Gasteiger partial charge in [0, 0.05) is 25.4 Å². The normalized spacial score (nSPS) is 10.4. The molecular formula is C12H11FN4O4. The van der Waals surface area contributed by atoms with E-state index in [1.165, 1.54) is 0 Å². The molecule has 110 valence electrons. The van der Waals surface area contributed by atoms with E-state index in [0.29, 0.717) is 6.07 Å². The summed E-state index contributed by atoms with van der Waals surface area (Å²) >= 11 is 0. The zero-order valence-corrected chi connectivity index (χ0v) is 10.9. The molecule has 8 nitrogen and oxygen atoms in total. The second kappa shape index (κ2) is 5.57. The van der Waals surface area contributed by atoms with Crippen LogP contribution in [0.15, 0.2) is 24.5 Å². The van der Waals surface area contributed by atoms with Crippen LogP contribution in [0.4, 0.5) is 15.8 Å². The van der Waals surface area contributed by atoms with Gasteiger partial charge in [-0.15, -0.1) is 0 Å². The minimum atomic E-state index is -1.49. The monoisotopic (exact) mass is 294 g/mol. The largest absolute Gasteiger partial charge is 0.477 e. The molecular weight excluding hydrogens is 283 g/mol. The van der Waals surface area contributed by atoms with Crippen LogP contribution in [0.2, 0.25) is 0 Å². The summed E-state index contributed by atoms with van der Waals surface area (Å²) in [6.07, 6.45) is 3.27. The molecule has 2 N–H and O–H groups in total. The first-order valence-electron chi connectivity index (χ1n) is 5.81. The average Bonchev–Trinajstić information content (AvgIpc) is 2.82. The molecule has 2 rings (SSSR count). The van der Waals surface area contributed by atoms with Crippen molar-refractivity contribution in [3.8, 4) is 0 Å². The molecule has 0 atom stereocenters. The first-order valence-corrected chi connectivity index (χ1v) is 5.81. The van der Waals surface area contributed by atoms with Crippen LogP contribution in [-0.4, -0.2) is 25.8 Å². The number of halogens is 1. The third-order valence-electron chi connectivity index (χ3n) is 2.75. The molecule has 1 heterocycles. The molecule has 0 saturated heterocycles. The highest BCUT2D eigenvalue weighted by molar-refractivity contribution is 5.93. The molecule has 9 heteroatoms. The number of nitro groups is 1. The van der Waals surface area contributed by atoms with Gasteiger partial charge in [0.05, 0.1) is 22.9 Å². The Morgan fingerprint density at radius 3 is 2.81 bits per heavy atom. The van der Waals surface area contributed by atoms with Crippen LogP contribution in [0, 0.1) is 15.9 Å². The SMILES string of the molecule is Cn1cc(CNc2cc(C(=O)O)c([N+](=O)[O-])cc2F)cn1. The van der Waals surface area contributed by atoms with E-state index in [0.717, 1.165) is 11.6 Å². The molecule has 0 unspecified atom stereocenters. The first kappa shape index (κ1) is 14.4. The van der Waals surface area contributed by atoms with Crippen LogP contribution in [0.25, 0.3) is 0 Å². The van der Waals surface area contributed by atoms with Crippen molar-refractivity contribution in [3.63, 3.8) is 0 Å². The van der Waals surface area contributed by atoms with E-state index in [2.05, 4.69) is 10.4 Å². The van der Waals surface area contributed by atoms with Crippen molar-refractivity contribution in [1.82, 2.24) is 9.78 Å². The number of nitrogens with one attached hydrogen (secondary N) is 1. The van der Waals surface area contributed by atoms with Crippen molar-refractivity contribution in [2.75, 3.05) is 5.32 Å². The molecule has 1 aromatic heterocycles. The Balaban J connectivity index is 2.29. The quantitative estimate of drug-likeness (QED) is 0.642. The minimum Gasteiger partial charge on any atom is -0.477 e. The third-order valence-corrected chi connectivity index (χ3v) is 2.75. The summed E-state index contributed by atoms with van der Waals surface area (Å²) in [6, 6.07) is 1.50. The van der Waals surface area contributed by atoms with Crippen LogP contribution in [0.3, 0.4) is 0 Å². The lowest BCUT2D eigenvalue weighted by Gasteiger charge is -2.08. The average molecular weight is 294 g/mol. The molecule has 0 saturated carbocycles. The summed E-state index contributed by atoms with van der Waals surface area (Å²) < 4.78 is 15.3. The summed E-state index contributed by atoms with van der Waals surface area (Å²) in [5, 5.41) is 26.3. The molecule has 21 heavy (non-hydrogen) atoms. The lowest BCUT2D eigenvalue weighted by atomic mass is 10.1. The van der Waals surface area contributed by atoms with Crippen LogP contribution in [0.1, 0.15) is 15.9 Å². The number of aryl methyl sites for hydroxylation is 1. The van der Waals surface area contributed by atoms with E-state index in [1.54, 1.807) is 24.1 Å². The topological polar surface area (TPSA) is 110 Å². The first-order chi connectivity index (χ1) is 9.88. The maximum atomic E-state index is 13.8. The van der Waals surface area contributed by atoms with E-state index in [-0.39, 0.29) is 12.2 Å². The molecule has 0 aliphatic rings. The zero-order chi connectivity index (χ0) is 15.6. The number of carboxylic acids is 1. The van der Waals surface area contributed by atoms with Gasteiger partial charge in [-0.1, -0.05) is 0 Å². The van der Waals surface area contributed by atoms with Gasteiger partial charge in [0.25, 0.3) is 5.69 Å². The minimum absolute atomic E-state index is 0.123. The number of hydrogen-bond donors (Lipinski definition) is 2. The molecule has 0 aliphatic heterocycles. The van der Waals surface area contributed by atoms with E-state index in [9.17, 15) is 19.3 Å². The maximum absolute atomic E-state index is 13.8. The Bertz CT molecular complexity index is 713. The number of hydrogen-bond acceptors (Lipinski definition) is 5. The summed E-state index contributed by atoms with van der Waals surface area (Å²) in [7, 11) is 1.72. The number of aromatic nitrogens is 2. The van der Waals surface area contributed by atoms with Crippen LogP contribution < -0.4 is 5.32 Å². The number of carboxylic acid groups (broad SMARTS) is 1. The molecule has 0 amide bonds. The van der Waals surface area contributed by atoms with Gasteiger partial charge in [-0.25, -0.2) is 9.18 Å². The highest BCUT2D eigenvalue weighted by Gasteiger charge is 2.23. The summed E-state index contributed by atoms with van der Waals surface area (Å²) in [4.78, 5) is 20.8. The lowest BCUT2D eigenvalue weighted by molar-refractivity contribution is -0.385. The Kier molecular flexibility index (Phi) is 3.83. The Labute approximate surface area is 118 Å². The predicted molar refractivity (Wildman–Crippen MR) is 70.5 cm³/mol. The third kappa shape index (κ3) is 3.14. The highest BCUT2D eigenvalue weighted by atomic mass is 19.1. The fourth-order valence-electron chi connectivity index (χ4n) is 1.78. The van der Waals surface area contributed by atoms with Gasteiger partial charge < -0.3 is 10.4 Å². The summed E-state index contributed by atoms with van der Waals surface area (Å²) in [5.41, 5.74) is -0.726. The van der Waals surface area contributed by atoms with Crippen molar-refractivity contribution in [3.05, 3.63) is 51.6 Å². The lowest BCUT2D eigenvalue weighted by Crippen LogP contribution is -2.07. The highest BCUT2D eigenvalue weighted by Crippen LogP contribution is 2.26. The van der Waals surface area contributed by atoms with Gasteiger partial charge in [0.15, 0.2) is 5.82 Å². The summed E-state index contributed by atoms with van der Waals surface area (Å²) in [5.74, 6) is -2.39. The number of carbonyl (C=O) groups is 1.